The Hall–Kier alpha value is -2.90. The van der Waals surface area contributed by atoms with Crippen LogP contribution < -0.4 is 21.1 Å². The Morgan fingerprint density at radius 2 is 1.62 bits per heavy atom. The number of para-hydroxylation sites is 1. The summed E-state index contributed by atoms with van der Waals surface area (Å²) in [5, 5.41) is 27.3. The van der Waals surface area contributed by atoms with Gasteiger partial charge in [-0.3, -0.25) is 4.79 Å². The average Bonchev–Trinajstić information content (AvgIpc) is 2.63. The van der Waals surface area contributed by atoms with E-state index in [0.717, 1.165) is 11.4 Å². The maximum Gasteiger partial charge on any atom is 0.230 e. The summed E-state index contributed by atoms with van der Waals surface area (Å²) in [6.07, 6.45) is 0.263. The molecular formula is C19H23N3O4. The van der Waals surface area contributed by atoms with Gasteiger partial charge in [0.05, 0.1) is 18.9 Å². The molecule has 2 rings (SSSR count). The van der Waals surface area contributed by atoms with Gasteiger partial charge < -0.3 is 31.0 Å². The summed E-state index contributed by atoms with van der Waals surface area (Å²) in [5.74, 6) is -1.69. The van der Waals surface area contributed by atoms with Crippen LogP contribution in [0.25, 0.3) is 0 Å². The molecule has 0 heterocycles. The van der Waals surface area contributed by atoms with Crippen molar-refractivity contribution in [2.75, 3.05) is 23.8 Å². The molecule has 0 radical (unpaired) electrons. The summed E-state index contributed by atoms with van der Waals surface area (Å²) in [5.41, 5.74) is 2.42. The number of rotatable bonds is 10. The number of carbonyl (C=O) groups is 2. The van der Waals surface area contributed by atoms with Crippen LogP contribution in [-0.2, 0) is 9.59 Å². The number of quaternary nitrogens is 1. The van der Waals surface area contributed by atoms with E-state index in [1.165, 1.54) is 5.32 Å². The molecule has 0 spiro atoms. The number of carbonyl (C=O) groups excluding carboxylic acids is 2. The van der Waals surface area contributed by atoms with Crippen molar-refractivity contribution in [2.24, 2.45) is 0 Å². The molecule has 0 aliphatic rings. The quantitative estimate of drug-likeness (QED) is 0.440. The maximum absolute atomic E-state index is 12.0. The highest BCUT2D eigenvalue weighted by molar-refractivity contribution is 5.93. The fraction of sp³-hybridized carbons (Fsp3) is 0.263. The Bertz CT molecular complexity index is 704. The first-order valence-electron chi connectivity index (χ1n) is 8.45. The first-order valence-corrected chi connectivity index (χ1v) is 8.45. The number of aliphatic hydroxyl groups is 1. The SMILES string of the molecule is O=C(C[C@H]([NH2+]CCCO)C(=O)[O-])Nc1ccc(Nc2ccccc2)cc1. The monoisotopic (exact) mass is 357 g/mol. The summed E-state index contributed by atoms with van der Waals surface area (Å²) >= 11 is 0. The van der Waals surface area contributed by atoms with Crippen LogP contribution in [0.15, 0.2) is 54.6 Å². The first-order chi connectivity index (χ1) is 12.6. The summed E-state index contributed by atoms with van der Waals surface area (Å²) in [4.78, 5) is 23.2. The van der Waals surface area contributed by atoms with Gasteiger partial charge in [0.25, 0.3) is 0 Å². The van der Waals surface area contributed by atoms with E-state index >= 15 is 0 Å². The summed E-state index contributed by atoms with van der Waals surface area (Å²) in [7, 11) is 0. The number of anilines is 3. The smallest absolute Gasteiger partial charge is 0.230 e. The van der Waals surface area contributed by atoms with E-state index in [4.69, 9.17) is 5.11 Å². The van der Waals surface area contributed by atoms with Crippen LogP contribution in [0.4, 0.5) is 17.1 Å². The molecule has 1 atom stereocenters. The van der Waals surface area contributed by atoms with Crippen LogP contribution in [0, 0.1) is 0 Å². The number of aliphatic carboxylic acids is 1. The summed E-state index contributed by atoms with van der Waals surface area (Å²) < 4.78 is 0. The maximum atomic E-state index is 12.0. The van der Waals surface area contributed by atoms with Crippen molar-refractivity contribution in [3.05, 3.63) is 54.6 Å². The molecule has 2 aromatic carbocycles. The van der Waals surface area contributed by atoms with Crippen molar-refractivity contribution in [3.63, 3.8) is 0 Å². The van der Waals surface area contributed by atoms with Crippen LogP contribution in [0.2, 0.25) is 0 Å². The van der Waals surface area contributed by atoms with Crippen molar-refractivity contribution in [2.45, 2.75) is 18.9 Å². The molecule has 26 heavy (non-hydrogen) atoms. The lowest BCUT2D eigenvalue weighted by Crippen LogP contribution is -2.93. The van der Waals surface area contributed by atoms with Gasteiger partial charge in [-0.05, 0) is 36.4 Å². The van der Waals surface area contributed by atoms with E-state index < -0.39 is 17.9 Å². The van der Waals surface area contributed by atoms with E-state index in [9.17, 15) is 14.7 Å². The standard InChI is InChI=1S/C19H23N3O4/c23-12-4-11-20-17(19(25)26)13-18(24)22-16-9-7-15(8-10-16)21-14-5-2-1-3-6-14/h1-3,5-10,17,20-21,23H,4,11-13H2,(H,22,24)(H,25,26)/t17-/m0/s1. The lowest BCUT2D eigenvalue weighted by Gasteiger charge is -2.16. The van der Waals surface area contributed by atoms with Gasteiger partial charge in [0, 0.05) is 30.1 Å². The molecule has 0 saturated heterocycles. The molecule has 0 aromatic heterocycles. The lowest BCUT2D eigenvalue weighted by atomic mass is 10.2. The lowest BCUT2D eigenvalue weighted by molar-refractivity contribution is -0.682. The molecule has 0 unspecified atom stereocenters. The van der Waals surface area contributed by atoms with E-state index in [1.54, 1.807) is 12.1 Å². The molecule has 7 heteroatoms. The third-order valence-corrected chi connectivity index (χ3v) is 3.75. The first kappa shape index (κ1) is 19.4. The van der Waals surface area contributed by atoms with E-state index in [-0.39, 0.29) is 13.0 Å². The fourth-order valence-corrected chi connectivity index (χ4v) is 2.41. The predicted molar refractivity (Wildman–Crippen MR) is 96.7 cm³/mol. The van der Waals surface area contributed by atoms with E-state index in [0.29, 0.717) is 18.7 Å². The van der Waals surface area contributed by atoms with E-state index in [2.05, 4.69) is 10.6 Å². The third-order valence-electron chi connectivity index (χ3n) is 3.75. The van der Waals surface area contributed by atoms with Gasteiger partial charge in [-0.2, -0.15) is 0 Å². The highest BCUT2D eigenvalue weighted by atomic mass is 16.4. The Balaban J connectivity index is 1.87. The van der Waals surface area contributed by atoms with Crippen LogP contribution in [-0.4, -0.2) is 36.2 Å². The number of amides is 1. The second-order valence-corrected chi connectivity index (χ2v) is 5.85. The highest BCUT2D eigenvalue weighted by Crippen LogP contribution is 2.18. The van der Waals surface area contributed by atoms with Crippen molar-refractivity contribution in [1.29, 1.82) is 0 Å². The molecule has 0 fully saturated rings. The molecule has 0 aliphatic heterocycles. The van der Waals surface area contributed by atoms with Gasteiger partial charge in [-0.25, -0.2) is 0 Å². The molecule has 2 aromatic rings. The second kappa shape index (κ2) is 10.2. The number of benzene rings is 2. The second-order valence-electron chi connectivity index (χ2n) is 5.85. The van der Waals surface area contributed by atoms with Crippen LogP contribution >= 0.6 is 0 Å². The number of nitrogens with one attached hydrogen (secondary N) is 2. The number of nitrogens with two attached hydrogens (primary N) is 1. The predicted octanol–water partition coefficient (Wildman–Crippen LogP) is -0.177. The zero-order valence-electron chi connectivity index (χ0n) is 14.4. The summed E-state index contributed by atoms with van der Waals surface area (Å²) in [6, 6.07) is 15.9. The fourth-order valence-electron chi connectivity index (χ4n) is 2.41. The minimum atomic E-state index is -1.29. The average molecular weight is 357 g/mol. The number of carboxylic acid groups (broad SMARTS) is 1. The molecule has 0 bridgehead atoms. The number of aliphatic hydroxyl groups excluding tert-OH is 1. The van der Waals surface area contributed by atoms with E-state index in [1.807, 2.05) is 42.5 Å². The minimum Gasteiger partial charge on any atom is -0.544 e. The zero-order chi connectivity index (χ0) is 18.8. The topological polar surface area (TPSA) is 118 Å². The van der Waals surface area contributed by atoms with Crippen molar-refractivity contribution < 1.29 is 25.1 Å². The van der Waals surface area contributed by atoms with Crippen LogP contribution in [0.1, 0.15) is 12.8 Å². The van der Waals surface area contributed by atoms with Gasteiger partial charge >= 0.3 is 0 Å². The normalized spacial score (nSPS) is 11.6. The largest absolute Gasteiger partial charge is 0.544 e. The Morgan fingerprint density at radius 3 is 2.23 bits per heavy atom. The molecule has 7 nitrogen and oxygen atoms in total. The van der Waals surface area contributed by atoms with Crippen LogP contribution in [0.3, 0.4) is 0 Å². The number of hydrogen-bond acceptors (Lipinski definition) is 5. The van der Waals surface area contributed by atoms with Crippen molar-refractivity contribution in [3.8, 4) is 0 Å². The van der Waals surface area contributed by atoms with Crippen molar-refractivity contribution in [1.82, 2.24) is 0 Å². The Morgan fingerprint density at radius 1 is 1.00 bits per heavy atom. The Kier molecular flexibility index (Phi) is 7.60. The van der Waals surface area contributed by atoms with Crippen LogP contribution in [0.5, 0.6) is 0 Å². The number of carboxylic acids is 1. The van der Waals surface area contributed by atoms with Gasteiger partial charge in [0.1, 0.15) is 6.04 Å². The zero-order valence-corrected chi connectivity index (χ0v) is 14.4. The minimum absolute atomic E-state index is 0.0220. The summed E-state index contributed by atoms with van der Waals surface area (Å²) in [6.45, 7) is 0.397. The molecule has 1 amide bonds. The molecule has 0 saturated carbocycles. The van der Waals surface area contributed by atoms with Gasteiger partial charge in [0.2, 0.25) is 5.91 Å². The van der Waals surface area contributed by atoms with Gasteiger partial charge in [-0.15, -0.1) is 0 Å². The van der Waals surface area contributed by atoms with Crippen molar-refractivity contribution >= 4 is 28.9 Å². The number of hydrogen-bond donors (Lipinski definition) is 4. The Labute approximate surface area is 152 Å². The highest BCUT2D eigenvalue weighted by Gasteiger charge is 2.18. The molecular weight excluding hydrogens is 334 g/mol. The third kappa shape index (κ3) is 6.54. The van der Waals surface area contributed by atoms with Gasteiger partial charge in [-0.1, -0.05) is 18.2 Å². The molecule has 5 N–H and O–H groups in total. The molecule has 0 aliphatic carbocycles. The van der Waals surface area contributed by atoms with Gasteiger partial charge in [0.15, 0.2) is 0 Å². The molecule has 138 valence electrons.